The number of anilines is 1. The van der Waals surface area contributed by atoms with Crippen LogP contribution in [0.5, 0.6) is 0 Å². The van der Waals surface area contributed by atoms with Crippen LogP contribution in [-0.4, -0.2) is 10.5 Å². The Hall–Kier alpha value is -2.30. The number of imidazole rings is 1. The van der Waals surface area contributed by atoms with Crippen LogP contribution in [0.15, 0.2) is 36.4 Å². The molecule has 28 heavy (non-hydrogen) atoms. The van der Waals surface area contributed by atoms with Crippen LogP contribution in [0.1, 0.15) is 38.6 Å². The molecule has 1 amide bonds. The van der Waals surface area contributed by atoms with Gasteiger partial charge >= 0.3 is 0 Å². The summed E-state index contributed by atoms with van der Waals surface area (Å²) in [6.45, 7) is 7.71. The Morgan fingerprint density at radius 2 is 1.75 bits per heavy atom. The standard InChI is InChI=1S/C22H23Cl2N3O/c1-4-21(28)25-16-10-7-15(8-11-16)9-12-22-26(5-2)19-13-17(23)18(24)14-20(19)27(22)6-3/h7-14H,4-6H2,1-3H3/p+1. The summed E-state index contributed by atoms with van der Waals surface area (Å²) in [5.41, 5.74) is 3.99. The first-order valence-corrected chi connectivity index (χ1v) is 10.2. The second-order valence-electron chi connectivity index (χ2n) is 6.46. The molecule has 0 aliphatic rings. The molecule has 0 unspecified atom stereocenters. The fraction of sp³-hybridized carbons (Fsp3) is 0.273. The van der Waals surface area contributed by atoms with E-state index in [0.29, 0.717) is 16.5 Å². The number of hydrogen-bond acceptors (Lipinski definition) is 1. The van der Waals surface area contributed by atoms with E-state index >= 15 is 0 Å². The summed E-state index contributed by atoms with van der Waals surface area (Å²) < 4.78 is 4.46. The predicted octanol–water partition coefficient (Wildman–Crippen LogP) is 5.79. The first-order chi connectivity index (χ1) is 13.5. The highest BCUT2D eigenvalue weighted by molar-refractivity contribution is 6.42. The molecule has 3 rings (SSSR count). The summed E-state index contributed by atoms with van der Waals surface area (Å²) in [5.74, 6) is 1.10. The molecule has 0 saturated carbocycles. The zero-order chi connectivity index (χ0) is 20.3. The zero-order valence-electron chi connectivity index (χ0n) is 16.3. The van der Waals surface area contributed by atoms with E-state index in [1.165, 1.54) is 0 Å². The van der Waals surface area contributed by atoms with E-state index in [1.807, 2.05) is 43.3 Å². The maximum Gasteiger partial charge on any atom is 0.282 e. The molecule has 2 aromatic carbocycles. The number of carbonyl (C=O) groups excluding carboxylic acids is 1. The lowest BCUT2D eigenvalue weighted by atomic mass is 10.2. The van der Waals surface area contributed by atoms with Gasteiger partial charge in [-0.05, 0) is 37.6 Å². The van der Waals surface area contributed by atoms with Gasteiger partial charge < -0.3 is 5.32 Å². The van der Waals surface area contributed by atoms with Gasteiger partial charge in [0.05, 0.1) is 23.1 Å². The van der Waals surface area contributed by atoms with Crippen molar-refractivity contribution in [3.8, 4) is 0 Å². The number of nitrogens with zero attached hydrogens (tertiary/aromatic N) is 2. The van der Waals surface area contributed by atoms with E-state index in [-0.39, 0.29) is 5.91 Å². The molecule has 0 fully saturated rings. The van der Waals surface area contributed by atoms with Crippen LogP contribution in [0.4, 0.5) is 5.69 Å². The highest BCUT2D eigenvalue weighted by atomic mass is 35.5. The Bertz CT molecular complexity index is 989. The lowest BCUT2D eigenvalue weighted by Gasteiger charge is -2.03. The fourth-order valence-electron chi connectivity index (χ4n) is 3.29. The van der Waals surface area contributed by atoms with Crippen LogP contribution in [0.25, 0.3) is 23.2 Å². The molecule has 0 atom stereocenters. The van der Waals surface area contributed by atoms with Gasteiger partial charge in [0.15, 0.2) is 11.0 Å². The number of nitrogens with one attached hydrogen (secondary N) is 1. The van der Waals surface area contributed by atoms with Gasteiger partial charge in [0, 0.05) is 30.3 Å². The molecule has 0 bridgehead atoms. The normalized spacial score (nSPS) is 11.5. The highest BCUT2D eigenvalue weighted by Gasteiger charge is 2.22. The average molecular weight is 417 g/mol. The molecule has 0 radical (unpaired) electrons. The Kier molecular flexibility index (Phi) is 6.42. The summed E-state index contributed by atoms with van der Waals surface area (Å²) in [5, 5.41) is 3.98. The molecule has 0 aliphatic heterocycles. The lowest BCUT2D eigenvalue weighted by molar-refractivity contribution is -0.670. The van der Waals surface area contributed by atoms with E-state index < -0.39 is 0 Å². The minimum Gasteiger partial charge on any atom is -0.326 e. The number of halogens is 2. The van der Waals surface area contributed by atoms with Crippen molar-refractivity contribution in [3.63, 3.8) is 0 Å². The third kappa shape index (κ3) is 4.08. The van der Waals surface area contributed by atoms with Gasteiger partial charge in [-0.2, -0.15) is 0 Å². The molecule has 4 nitrogen and oxygen atoms in total. The number of carbonyl (C=O) groups is 1. The van der Waals surface area contributed by atoms with E-state index in [0.717, 1.165) is 41.2 Å². The third-order valence-corrected chi connectivity index (χ3v) is 5.45. The van der Waals surface area contributed by atoms with Crippen molar-refractivity contribution in [2.45, 2.75) is 40.3 Å². The van der Waals surface area contributed by atoms with E-state index in [1.54, 1.807) is 0 Å². The van der Waals surface area contributed by atoms with Crippen LogP contribution in [-0.2, 0) is 17.9 Å². The second-order valence-corrected chi connectivity index (χ2v) is 7.27. The lowest BCUT2D eigenvalue weighted by Crippen LogP contribution is -2.35. The number of rotatable bonds is 6. The second kappa shape index (κ2) is 8.80. The molecular formula is C22H24Cl2N3O+. The first-order valence-electron chi connectivity index (χ1n) is 9.47. The molecule has 0 aliphatic carbocycles. The van der Waals surface area contributed by atoms with Crippen LogP contribution < -0.4 is 9.88 Å². The molecule has 6 heteroatoms. The monoisotopic (exact) mass is 416 g/mol. The molecule has 1 heterocycles. The van der Waals surface area contributed by atoms with Crippen molar-refractivity contribution in [3.05, 3.63) is 57.8 Å². The van der Waals surface area contributed by atoms with Crippen molar-refractivity contribution < 1.29 is 9.36 Å². The van der Waals surface area contributed by atoms with Crippen LogP contribution >= 0.6 is 23.2 Å². The largest absolute Gasteiger partial charge is 0.326 e. The number of aryl methyl sites for hydroxylation is 2. The molecule has 0 saturated heterocycles. The highest BCUT2D eigenvalue weighted by Crippen LogP contribution is 2.28. The number of hydrogen-bond donors (Lipinski definition) is 1. The smallest absolute Gasteiger partial charge is 0.282 e. The molecule has 1 aromatic heterocycles. The quantitative estimate of drug-likeness (QED) is 0.506. The van der Waals surface area contributed by atoms with Crippen LogP contribution in [0.3, 0.4) is 0 Å². The molecule has 0 spiro atoms. The van der Waals surface area contributed by atoms with Crippen molar-refractivity contribution in [2.24, 2.45) is 0 Å². The van der Waals surface area contributed by atoms with Gasteiger partial charge in [0.2, 0.25) is 5.91 Å². The average Bonchev–Trinajstić information content (AvgIpc) is 2.99. The van der Waals surface area contributed by atoms with Crippen LogP contribution in [0, 0.1) is 0 Å². The molecule has 146 valence electrons. The molecular weight excluding hydrogens is 393 g/mol. The Balaban J connectivity index is 1.98. The van der Waals surface area contributed by atoms with E-state index in [2.05, 4.69) is 40.5 Å². The Morgan fingerprint density at radius 1 is 1.07 bits per heavy atom. The summed E-state index contributed by atoms with van der Waals surface area (Å²) in [6, 6.07) is 11.7. The van der Waals surface area contributed by atoms with Crippen molar-refractivity contribution >= 4 is 58.0 Å². The van der Waals surface area contributed by atoms with Gasteiger partial charge in [-0.15, -0.1) is 0 Å². The van der Waals surface area contributed by atoms with Gasteiger partial charge in [-0.25, -0.2) is 9.13 Å². The van der Waals surface area contributed by atoms with Crippen molar-refractivity contribution in [2.75, 3.05) is 5.32 Å². The summed E-state index contributed by atoms with van der Waals surface area (Å²) in [7, 11) is 0. The van der Waals surface area contributed by atoms with E-state index in [9.17, 15) is 4.79 Å². The Morgan fingerprint density at radius 3 is 2.36 bits per heavy atom. The maximum absolute atomic E-state index is 11.5. The fourth-order valence-corrected chi connectivity index (χ4v) is 3.61. The number of amides is 1. The predicted molar refractivity (Wildman–Crippen MR) is 118 cm³/mol. The number of aromatic nitrogens is 2. The molecule has 3 aromatic rings. The maximum atomic E-state index is 11.5. The minimum atomic E-state index is 0.0112. The van der Waals surface area contributed by atoms with Gasteiger partial charge in [-0.1, -0.05) is 42.3 Å². The zero-order valence-corrected chi connectivity index (χ0v) is 17.8. The summed E-state index contributed by atoms with van der Waals surface area (Å²) in [6.07, 6.45) is 4.64. The third-order valence-electron chi connectivity index (χ3n) is 4.73. The Labute approximate surface area is 175 Å². The van der Waals surface area contributed by atoms with Gasteiger partial charge in [0.25, 0.3) is 5.82 Å². The minimum absolute atomic E-state index is 0.0112. The van der Waals surface area contributed by atoms with Gasteiger partial charge in [-0.3, -0.25) is 4.79 Å². The van der Waals surface area contributed by atoms with E-state index in [4.69, 9.17) is 23.2 Å². The number of fused-ring (bicyclic) bond motifs is 1. The van der Waals surface area contributed by atoms with Crippen molar-refractivity contribution in [1.29, 1.82) is 0 Å². The van der Waals surface area contributed by atoms with Crippen molar-refractivity contribution in [1.82, 2.24) is 4.57 Å². The van der Waals surface area contributed by atoms with Crippen LogP contribution in [0.2, 0.25) is 10.0 Å². The first kappa shape index (κ1) is 20.4. The SMILES string of the molecule is CCC(=O)Nc1ccc(C=Cc2n(CC)c3cc(Cl)c(Cl)cc3[n+]2CC)cc1. The van der Waals surface area contributed by atoms with Gasteiger partial charge in [0.1, 0.15) is 0 Å². The molecule has 1 N–H and O–H groups in total. The summed E-state index contributed by atoms with van der Waals surface area (Å²) in [4.78, 5) is 11.5. The number of benzene rings is 2. The summed E-state index contributed by atoms with van der Waals surface area (Å²) >= 11 is 12.5. The topological polar surface area (TPSA) is 37.9 Å².